The highest BCUT2D eigenvalue weighted by Gasteiger charge is 2.30. The van der Waals surface area contributed by atoms with Crippen molar-refractivity contribution in [3.8, 4) is 0 Å². The third kappa shape index (κ3) is 4.04. The second-order valence-electron chi connectivity index (χ2n) is 6.56. The van der Waals surface area contributed by atoms with Crippen molar-refractivity contribution in [1.82, 2.24) is 20.1 Å². The topological polar surface area (TPSA) is 65.5 Å². The number of nitrogens with one attached hydrogen (secondary N) is 1. The minimum absolute atomic E-state index is 0.0761. The Morgan fingerprint density at radius 1 is 1.17 bits per heavy atom. The van der Waals surface area contributed by atoms with Crippen molar-refractivity contribution >= 4 is 11.9 Å². The molecule has 1 aromatic heterocycles. The Morgan fingerprint density at radius 3 is 2.75 bits per heavy atom. The van der Waals surface area contributed by atoms with Crippen LogP contribution in [0.1, 0.15) is 50.1 Å². The van der Waals surface area contributed by atoms with Gasteiger partial charge in [0.1, 0.15) is 0 Å². The first-order valence-electron chi connectivity index (χ1n) is 8.98. The molecule has 1 N–H and O–H groups in total. The summed E-state index contributed by atoms with van der Waals surface area (Å²) in [5.74, 6) is 0.153. The first kappa shape index (κ1) is 16.7. The maximum Gasteiger partial charge on any atom is 0.317 e. The molecule has 2 aliphatic rings. The monoisotopic (exact) mass is 330 g/mol. The van der Waals surface area contributed by atoms with E-state index in [0.717, 1.165) is 50.9 Å². The predicted molar refractivity (Wildman–Crippen MR) is 91.4 cm³/mol. The van der Waals surface area contributed by atoms with Crippen LogP contribution in [0.25, 0.3) is 0 Å². The Bertz CT molecular complexity index is 557. The quantitative estimate of drug-likeness (QED) is 0.921. The van der Waals surface area contributed by atoms with E-state index in [1.807, 2.05) is 28.1 Å². The van der Waals surface area contributed by atoms with Gasteiger partial charge in [0, 0.05) is 45.0 Å². The molecule has 1 aromatic rings. The van der Waals surface area contributed by atoms with Crippen LogP contribution in [0.15, 0.2) is 24.5 Å². The van der Waals surface area contributed by atoms with Crippen LogP contribution in [-0.4, -0.2) is 52.9 Å². The summed E-state index contributed by atoms with van der Waals surface area (Å²) in [7, 11) is 0. The Balaban J connectivity index is 1.47. The average Bonchev–Trinajstić information content (AvgIpc) is 3.13. The van der Waals surface area contributed by atoms with E-state index in [0.29, 0.717) is 13.0 Å². The van der Waals surface area contributed by atoms with Crippen molar-refractivity contribution < 1.29 is 9.59 Å². The standard InChI is InChI=1S/C18H26N4O2/c23-17(21-11-2-1-3-12-21)8-10-20-18(24)22-13-5-7-16(22)15-6-4-9-19-14-15/h4,6,9,14,16H,1-3,5,7-8,10-13H2,(H,20,24). The number of nitrogens with zero attached hydrogens (tertiary/aromatic N) is 3. The van der Waals surface area contributed by atoms with Crippen LogP contribution in [0.4, 0.5) is 4.79 Å². The Hall–Kier alpha value is -2.11. The number of piperidine rings is 1. The lowest BCUT2D eigenvalue weighted by Crippen LogP contribution is -2.42. The highest BCUT2D eigenvalue weighted by molar-refractivity contribution is 5.78. The first-order valence-corrected chi connectivity index (χ1v) is 8.98. The number of amides is 3. The van der Waals surface area contributed by atoms with Gasteiger partial charge < -0.3 is 15.1 Å². The fourth-order valence-corrected chi connectivity index (χ4v) is 3.61. The number of aromatic nitrogens is 1. The van der Waals surface area contributed by atoms with E-state index >= 15 is 0 Å². The maximum atomic E-state index is 12.5. The molecule has 2 fully saturated rings. The zero-order valence-corrected chi connectivity index (χ0v) is 14.1. The van der Waals surface area contributed by atoms with Crippen molar-refractivity contribution in [2.45, 2.75) is 44.6 Å². The van der Waals surface area contributed by atoms with E-state index in [1.54, 1.807) is 6.20 Å². The highest BCUT2D eigenvalue weighted by atomic mass is 16.2. The fourth-order valence-electron chi connectivity index (χ4n) is 3.61. The molecule has 0 saturated carbocycles. The summed E-state index contributed by atoms with van der Waals surface area (Å²) < 4.78 is 0. The van der Waals surface area contributed by atoms with Gasteiger partial charge in [0.2, 0.25) is 5.91 Å². The maximum absolute atomic E-state index is 12.5. The van der Waals surface area contributed by atoms with Gasteiger partial charge in [-0.2, -0.15) is 0 Å². The minimum atomic E-state index is -0.0761. The number of carbonyl (C=O) groups excluding carboxylic acids is 2. The van der Waals surface area contributed by atoms with E-state index in [1.165, 1.54) is 6.42 Å². The zero-order valence-electron chi connectivity index (χ0n) is 14.1. The molecule has 0 radical (unpaired) electrons. The summed E-state index contributed by atoms with van der Waals surface area (Å²) >= 11 is 0. The zero-order chi connectivity index (χ0) is 16.8. The molecule has 1 atom stereocenters. The molecule has 3 rings (SSSR count). The van der Waals surface area contributed by atoms with Gasteiger partial charge in [0.15, 0.2) is 0 Å². The Morgan fingerprint density at radius 2 is 2.00 bits per heavy atom. The molecule has 2 saturated heterocycles. The van der Waals surface area contributed by atoms with E-state index in [-0.39, 0.29) is 18.0 Å². The lowest BCUT2D eigenvalue weighted by molar-refractivity contribution is -0.131. The number of likely N-dealkylation sites (tertiary alicyclic amines) is 2. The second kappa shape index (κ2) is 8.13. The molecule has 1 unspecified atom stereocenters. The van der Waals surface area contributed by atoms with Gasteiger partial charge in [0.25, 0.3) is 0 Å². The van der Waals surface area contributed by atoms with E-state index in [4.69, 9.17) is 0 Å². The predicted octanol–water partition coefficient (Wildman–Crippen LogP) is 2.33. The van der Waals surface area contributed by atoms with Crippen LogP contribution < -0.4 is 5.32 Å². The largest absolute Gasteiger partial charge is 0.343 e. The van der Waals surface area contributed by atoms with Gasteiger partial charge >= 0.3 is 6.03 Å². The van der Waals surface area contributed by atoms with Gasteiger partial charge in [-0.05, 0) is 43.7 Å². The average molecular weight is 330 g/mol. The highest BCUT2D eigenvalue weighted by Crippen LogP contribution is 2.31. The normalized spacial score (nSPS) is 20.9. The molecular weight excluding hydrogens is 304 g/mol. The summed E-state index contributed by atoms with van der Waals surface area (Å²) in [5, 5.41) is 2.91. The number of hydrogen-bond acceptors (Lipinski definition) is 3. The lowest BCUT2D eigenvalue weighted by Gasteiger charge is -2.27. The van der Waals surface area contributed by atoms with Crippen LogP contribution in [0.3, 0.4) is 0 Å². The third-order valence-corrected chi connectivity index (χ3v) is 4.91. The summed E-state index contributed by atoms with van der Waals surface area (Å²) in [6, 6.07) is 3.94. The Labute approximate surface area is 143 Å². The Kier molecular flexibility index (Phi) is 5.67. The molecule has 3 heterocycles. The number of pyridine rings is 1. The van der Waals surface area contributed by atoms with Crippen molar-refractivity contribution in [3.63, 3.8) is 0 Å². The summed E-state index contributed by atoms with van der Waals surface area (Å²) in [6.45, 7) is 2.89. The molecule has 3 amide bonds. The molecule has 130 valence electrons. The van der Waals surface area contributed by atoms with Gasteiger partial charge in [0.05, 0.1) is 6.04 Å². The van der Waals surface area contributed by atoms with Crippen molar-refractivity contribution in [2.24, 2.45) is 0 Å². The number of carbonyl (C=O) groups is 2. The third-order valence-electron chi connectivity index (χ3n) is 4.91. The summed E-state index contributed by atoms with van der Waals surface area (Å²) in [6.07, 6.45) is 9.33. The van der Waals surface area contributed by atoms with Crippen molar-refractivity contribution in [3.05, 3.63) is 30.1 Å². The van der Waals surface area contributed by atoms with E-state index < -0.39 is 0 Å². The smallest absolute Gasteiger partial charge is 0.317 e. The van der Waals surface area contributed by atoms with Crippen LogP contribution in [-0.2, 0) is 4.79 Å². The molecule has 0 spiro atoms. The molecule has 0 aliphatic carbocycles. The van der Waals surface area contributed by atoms with Crippen LogP contribution in [0.2, 0.25) is 0 Å². The van der Waals surface area contributed by atoms with Crippen LogP contribution >= 0.6 is 0 Å². The fraction of sp³-hybridized carbons (Fsp3) is 0.611. The molecule has 24 heavy (non-hydrogen) atoms. The summed E-state index contributed by atoms with van der Waals surface area (Å²) in [4.78, 5) is 32.5. The van der Waals surface area contributed by atoms with E-state index in [9.17, 15) is 9.59 Å². The van der Waals surface area contributed by atoms with Crippen LogP contribution in [0.5, 0.6) is 0 Å². The molecular formula is C18H26N4O2. The SMILES string of the molecule is O=C(CCNC(=O)N1CCCC1c1cccnc1)N1CCCCC1. The van der Waals surface area contributed by atoms with Gasteiger partial charge in [-0.25, -0.2) is 4.79 Å². The van der Waals surface area contributed by atoms with Crippen molar-refractivity contribution in [2.75, 3.05) is 26.2 Å². The van der Waals surface area contributed by atoms with E-state index in [2.05, 4.69) is 10.3 Å². The van der Waals surface area contributed by atoms with Crippen LogP contribution in [0, 0.1) is 0 Å². The van der Waals surface area contributed by atoms with Gasteiger partial charge in [-0.15, -0.1) is 0 Å². The first-order chi connectivity index (χ1) is 11.8. The second-order valence-corrected chi connectivity index (χ2v) is 6.56. The lowest BCUT2D eigenvalue weighted by atomic mass is 10.1. The molecule has 0 aromatic carbocycles. The molecule has 2 aliphatic heterocycles. The number of hydrogen-bond donors (Lipinski definition) is 1. The van der Waals surface area contributed by atoms with Gasteiger partial charge in [-0.3, -0.25) is 9.78 Å². The summed E-state index contributed by atoms with van der Waals surface area (Å²) in [5.41, 5.74) is 1.08. The van der Waals surface area contributed by atoms with Gasteiger partial charge in [-0.1, -0.05) is 6.07 Å². The molecule has 6 nitrogen and oxygen atoms in total. The molecule has 6 heteroatoms. The number of urea groups is 1. The minimum Gasteiger partial charge on any atom is -0.343 e. The van der Waals surface area contributed by atoms with Crippen molar-refractivity contribution in [1.29, 1.82) is 0 Å². The molecule has 0 bridgehead atoms. The number of rotatable bonds is 4.